The molecule has 0 bridgehead atoms. The predicted octanol–water partition coefficient (Wildman–Crippen LogP) is 2.39. The van der Waals surface area contributed by atoms with Crippen LogP contribution in [0.25, 0.3) is 0 Å². The Hall–Kier alpha value is -1.42. The third-order valence-electron chi connectivity index (χ3n) is 2.39. The molecule has 2 N–H and O–H groups in total. The maximum Gasteiger partial charge on any atom is 0.306 e. The number of hydrogen-bond donors (Lipinski definition) is 1. The van der Waals surface area contributed by atoms with Crippen LogP contribution >= 0.6 is 0 Å². The Balaban J connectivity index is 2.26. The van der Waals surface area contributed by atoms with Crippen molar-refractivity contribution in [3.8, 4) is 0 Å². The molecule has 1 rings (SSSR count). The van der Waals surface area contributed by atoms with Crippen molar-refractivity contribution in [2.45, 2.75) is 38.8 Å². The van der Waals surface area contributed by atoms with E-state index in [0.29, 0.717) is 18.4 Å². The number of halogens is 1. The highest BCUT2D eigenvalue weighted by atomic mass is 19.1. The molecule has 94 valence electrons. The van der Waals surface area contributed by atoms with Gasteiger partial charge in [-0.25, -0.2) is 4.39 Å². The van der Waals surface area contributed by atoms with Gasteiger partial charge in [0.15, 0.2) is 0 Å². The highest BCUT2D eigenvalue weighted by Crippen LogP contribution is 2.09. The Morgan fingerprint density at radius 2 is 2.18 bits per heavy atom. The van der Waals surface area contributed by atoms with Crippen molar-refractivity contribution in [2.75, 3.05) is 0 Å². The summed E-state index contributed by atoms with van der Waals surface area (Å²) in [6.07, 6.45) is 1.82. The van der Waals surface area contributed by atoms with Crippen LogP contribution in [-0.4, -0.2) is 12.0 Å². The summed E-state index contributed by atoms with van der Waals surface area (Å²) in [5.74, 6) is -0.662. The topological polar surface area (TPSA) is 52.3 Å². The zero-order valence-electron chi connectivity index (χ0n) is 9.99. The van der Waals surface area contributed by atoms with Gasteiger partial charge in [0.1, 0.15) is 12.4 Å². The second-order valence-electron chi connectivity index (χ2n) is 4.12. The first kappa shape index (κ1) is 13.6. The summed E-state index contributed by atoms with van der Waals surface area (Å²) in [5.41, 5.74) is 5.96. The molecule has 4 heteroatoms. The fraction of sp³-hybridized carbons (Fsp3) is 0.462. The molecule has 0 aliphatic rings. The van der Waals surface area contributed by atoms with Crippen LogP contribution in [0.2, 0.25) is 0 Å². The Labute approximate surface area is 101 Å². The van der Waals surface area contributed by atoms with Gasteiger partial charge in [0.25, 0.3) is 0 Å². The molecular weight excluding hydrogens is 221 g/mol. The number of ether oxygens (including phenoxy) is 1. The third kappa shape index (κ3) is 5.45. The van der Waals surface area contributed by atoms with Crippen LogP contribution in [0.15, 0.2) is 24.3 Å². The molecule has 3 nitrogen and oxygen atoms in total. The molecule has 0 fully saturated rings. The zero-order chi connectivity index (χ0) is 12.7. The highest BCUT2D eigenvalue weighted by Gasteiger charge is 2.06. The van der Waals surface area contributed by atoms with Crippen molar-refractivity contribution < 1.29 is 13.9 Å². The van der Waals surface area contributed by atoms with E-state index in [-0.39, 0.29) is 24.4 Å². The number of carbonyl (C=O) groups is 1. The number of esters is 1. The predicted molar refractivity (Wildman–Crippen MR) is 63.7 cm³/mol. The molecule has 0 heterocycles. The fourth-order valence-electron chi connectivity index (χ4n) is 1.41. The molecule has 0 spiro atoms. The van der Waals surface area contributed by atoms with Gasteiger partial charge in [-0.05, 0) is 25.8 Å². The van der Waals surface area contributed by atoms with Gasteiger partial charge in [0.05, 0.1) is 0 Å². The van der Waals surface area contributed by atoms with Crippen molar-refractivity contribution in [1.29, 1.82) is 0 Å². The summed E-state index contributed by atoms with van der Waals surface area (Å²) in [6, 6.07) is 6.35. The fourth-order valence-corrected chi connectivity index (χ4v) is 1.41. The van der Waals surface area contributed by atoms with Gasteiger partial charge in [-0.2, -0.15) is 0 Å². The van der Waals surface area contributed by atoms with Crippen LogP contribution in [0.1, 0.15) is 31.7 Å². The molecule has 17 heavy (non-hydrogen) atoms. The lowest BCUT2D eigenvalue weighted by Gasteiger charge is -2.06. The number of nitrogens with two attached hydrogens (primary N) is 1. The lowest BCUT2D eigenvalue weighted by atomic mass is 10.1. The average Bonchev–Trinajstić information content (AvgIpc) is 2.27. The second kappa shape index (κ2) is 7.01. The first-order valence-corrected chi connectivity index (χ1v) is 5.74. The maximum atomic E-state index is 13.2. The van der Waals surface area contributed by atoms with E-state index in [1.165, 1.54) is 6.07 Å². The highest BCUT2D eigenvalue weighted by molar-refractivity contribution is 5.69. The largest absolute Gasteiger partial charge is 0.461 e. The van der Waals surface area contributed by atoms with Gasteiger partial charge in [0, 0.05) is 18.0 Å². The van der Waals surface area contributed by atoms with Gasteiger partial charge in [-0.15, -0.1) is 0 Å². The van der Waals surface area contributed by atoms with E-state index in [0.717, 1.165) is 6.42 Å². The second-order valence-corrected chi connectivity index (χ2v) is 4.12. The normalized spacial score (nSPS) is 12.2. The quantitative estimate of drug-likeness (QED) is 0.775. The van der Waals surface area contributed by atoms with Crippen molar-refractivity contribution in [2.24, 2.45) is 5.73 Å². The number of rotatable bonds is 6. The molecule has 0 aromatic heterocycles. The maximum absolute atomic E-state index is 13.2. The molecule has 0 radical (unpaired) electrons. The van der Waals surface area contributed by atoms with E-state index in [2.05, 4.69) is 0 Å². The summed E-state index contributed by atoms with van der Waals surface area (Å²) in [6.45, 7) is 1.88. The lowest BCUT2D eigenvalue weighted by Crippen LogP contribution is -2.15. The van der Waals surface area contributed by atoms with Crippen molar-refractivity contribution in [1.82, 2.24) is 0 Å². The van der Waals surface area contributed by atoms with E-state index in [4.69, 9.17) is 10.5 Å². The van der Waals surface area contributed by atoms with Crippen molar-refractivity contribution >= 4 is 5.97 Å². The third-order valence-corrected chi connectivity index (χ3v) is 2.39. The Morgan fingerprint density at radius 1 is 1.47 bits per heavy atom. The lowest BCUT2D eigenvalue weighted by molar-refractivity contribution is -0.145. The van der Waals surface area contributed by atoms with Gasteiger partial charge in [0.2, 0.25) is 0 Å². The molecular formula is C13H18FNO2. The first-order chi connectivity index (χ1) is 8.09. The molecule has 1 aromatic carbocycles. The van der Waals surface area contributed by atoms with Crippen molar-refractivity contribution in [3.05, 3.63) is 35.6 Å². The summed E-state index contributed by atoms with van der Waals surface area (Å²) >= 11 is 0. The Kier molecular flexibility index (Phi) is 5.63. The molecule has 0 aliphatic carbocycles. The smallest absolute Gasteiger partial charge is 0.306 e. The molecule has 1 atom stereocenters. The van der Waals surface area contributed by atoms with Crippen LogP contribution in [0.4, 0.5) is 4.39 Å². The molecule has 1 aromatic rings. The Bertz CT molecular complexity index is 366. The SMILES string of the molecule is CC(N)CCCC(=O)OCc1ccccc1F. The monoisotopic (exact) mass is 239 g/mol. The summed E-state index contributed by atoms with van der Waals surface area (Å²) in [5, 5.41) is 0. The number of hydrogen-bond acceptors (Lipinski definition) is 3. The average molecular weight is 239 g/mol. The molecule has 1 unspecified atom stereocenters. The van der Waals surface area contributed by atoms with Crippen LogP contribution < -0.4 is 5.73 Å². The number of benzene rings is 1. The van der Waals surface area contributed by atoms with E-state index < -0.39 is 0 Å². The standard InChI is InChI=1S/C13H18FNO2/c1-10(15)5-4-8-13(16)17-9-11-6-2-3-7-12(11)14/h2-3,6-7,10H,4-5,8-9,15H2,1H3. The van der Waals surface area contributed by atoms with Gasteiger partial charge < -0.3 is 10.5 Å². The van der Waals surface area contributed by atoms with E-state index >= 15 is 0 Å². The van der Waals surface area contributed by atoms with E-state index in [9.17, 15) is 9.18 Å². The zero-order valence-corrected chi connectivity index (χ0v) is 9.99. The first-order valence-electron chi connectivity index (χ1n) is 5.74. The summed E-state index contributed by atoms with van der Waals surface area (Å²) < 4.78 is 18.2. The number of carbonyl (C=O) groups excluding carboxylic acids is 1. The molecule has 0 saturated heterocycles. The minimum atomic E-state index is -0.351. The molecule has 0 aliphatic heterocycles. The van der Waals surface area contributed by atoms with Crippen LogP contribution in [-0.2, 0) is 16.1 Å². The van der Waals surface area contributed by atoms with Gasteiger partial charge in [-0.1, -0.05) is 18.2 Å². The summed E-state index contributed by atoms with van der Waals surface area (Å²) in [4.78, 5) is 11.3. The molecule has 0 amide bonds. The van der Waals surface area contributed by atoms with E-state index in [1.807, 2.05) is 6.92 Å². The minimum absolute atomic E-state index is 0.0102. The van der Waals surface area contributed by atoms with Gasteiger partial charge >= 0.3 is 5.97 Å². The van der Waals surface area contributed by atoms with Crippen LogP contribution in [0.3, 0.4) is 0 Å². The van der Waals surface area contributed by atoms with Crippen molar-refractivity contribution in [3.63, 3.8) is 0 Å². The Morgan fingerprint density at radius 3 is 2.82 bits per heavy atom. The minimum Gasteiger partial charge on any atom is -0.461 e. The molecule has 0 saturated carbocycles. The van der Waals surface area contributed by atoms with Crippen LogP contribution in [0.5, 0.6) is 0 Å². The van der Waals surface area contributed by atoms with Gasteiger partial charge in [-0.3, -0.25) is 4.79 Å². The summed E-state index contributed by atoms with van der Waals surface area (Å²) in [7, 11) is 0. The van der Waals surface area contributed by atoms with E-state index in [1.54, 1.807) is 18.2 Å². The van der Waals surface area contributed by atoms with Crippen LogP contribution in [0, 0.1) is 5.82 Å².